The van der Waals surface area contributed by atoms with E-state index in [2.05, 4.69) is 39.0 Å². The van der Waals surface area contributed by atoms with E-state index >= 15 is 0 Å². The third-order valence-corrected chi connectivity index (χ3v) is 4.59. The van der Waals surface area contributed by atoms with Gasteiger partial charge in [0.1, 0.15) is 5.69 Å². The Balaban J connectivity index is 1.54. The Morgan fingerprint density at radius 3 is 2.69 bits per heavy atom. The molecule has 3 aromatic rings. The molecule has 0 aromatic carbocycles. The van der Waals surface area contributed by atoms with Crippen LogP contribution in [-0.2, 0) is 13.0 Å². The Bertz CT molecular complexity index is 917. The Morgan fingerprint density at radius 1 is 1.19 bits per heavy atom. The zero-order valence-electron chi connectivity index (χ0n) is 14.8. The topological polar surface area (TPSA) is 87.7 Å². The van der Waals surface area contributed by atoms with Crippen molar-refractivity contribution in [2.45, 2.75) is 32.7 Å². The molecule has 0 saturated heterocycles. The molecule has 3 aromatic heterocycles. The van der Waals surface area contributed by atoms with Crippen molar-refractivity contribution in [2.75, 3.05) is 6.54 Å². The van der Waals surface area contributed by atoms with Gasteiger partial charge in [-0.1, -0.05) is 19.9 Å². The van der Waals surface area contributed by atoms with Gasteiger partial charge in [0.05, 0.1) is 11.3 Å². The van der Waals surface area contributed by atoms with Crippen LogP contribution in [0.15, 0.2) is 36.8 Å². The average Bonchev–Trinajstić information content (AvgIpc) is 3.12. The molecule has 0 aliphatic carbocycles. The molecule has 1 aliphatic heterocycles. The van der Waals surface area contributed by atoms with Gasteiger partial charge >= 0.3 is 0 Å². The molecule has 0 bridgehead atoms. The molecule has 0 saturated carbocycles. The number of hydrogen-bond donors (Lipinski definition) is 1. The first-order valence-corrected chi connectivity index (χ1v) is 8.72. The molecule has 7 heteroatoms. The fourth-order valence-corrected chi connectivity index (χ4v) is 3.22. The van der Waals surface area contributed by atoms with E-state index in [4.69, 9.17) is 0 Å². The summed E-state index contributed by atoms with van der Waals surface area (Å²) in [6, 6.07) is 5.57. The minimum Gasteiger partial charge on any atom is -0.334 e. The highest BCUT2D eigenvalue weighted by Crippen LogP contribution is 2.26. The number of amides is 1. The van der Waals surface area contributed by atoms with Gasteiger partial charge in [0.15, 0.2) is 5.82 Å². The highest BCUT2D eigenvalue weighted by atomic mass is 16.2. The lowest BCUT2D eigenvalue weighted by Crippen LogP contribution is -2.36. The molecule has 7 nitrogen and oxygen atoms in total. The van der Waals surface area contributed by atoms with Gasteiger partial charge in [0.2, 0.25) is 0 Å². The number of carbonyl (C=O) groups excluding carboxylic acids is 1. The first-order valence-electron chi connectivity index (χ1n) is 8.72. The molecule has 132 valence electrons. The third-order valence-electron chi connectivity index (χ3n) is 4.59. The smallest absolute Gasteiger partial charge is 0.257 e. The van der Waals surface area contributed by atoms with Crippen molar-refractivity contribution in [2.24, 2.45) is 0 Å². The maximum Gasteiger partial charge on any atom is 0.257 e. The highest BCUT2D eigenvalue weighted by Gasteiger charge is 2.27. The van der Waals surface area contributed by atoms with Gasteiger partial charge in [-0.05, 0) is 18.1 Å². The van der Waals surface area contributed by atoms with Gasteiger partial charge in [0.25, 0.3) is 5.91 Å². The number of rotatable bonds is 3. The van der Waals surface area contributed by atoms with E-state index in [0.717, 1.165) is 23.4 Å². The second kappa shape index (κ2) is 6.67. The molecule has 0 radical (unpaired) electrons. The van der Waals surface area contributed by atoms with Crippen molar-refractivity contribution < 1.29 is 4.79 Å². The largest absolute Gasteiger partial charge is 0.334 e. The van der Waals surface area contributed by atoms with Crippen LogP contribution < -0.4 is 0 Å². The van der Waals surface area contributed by atoms with E-state index in [0.29, 0.717) is 36.1 Å². The second-order valence-electron chi connectivity index (χ2n) is 6.71. The maximum atomic E-state index is 12.9. The quantitative estimate of drug-likeness (QED) is 0.786. The lowest BCUT2D eigenvalue weighted by molar-refractivity contribution is 0.0733. The van der Waals surface area contributed by atoms with E-state index in [9.17, 15) is 4.79 Å². The Hall–Kier alpha value is -3.09. The van der Waals surface area contributed by atoms with Crippen molar-refractivity contribution in [1.29, 1.82) is 0 Å². The first-order chi connectivity index (χ1) is 12.6. The summed E-state index contributed by atoms with van der Waals surface area (Å²) in [7, 11) is 0. The summed E-state index contributed by atoms with van der Waals surface area (Å²) in [6.45, 7) is 5.45. The number of nitrogens with zero attached hydrogens (tertiary/aromatic N) is 5. The third kappa shape index (κ3) is 2.96. The fourth-order valence-electron chi connectivity index (χ4n) is 3.22. The molecule has 4 rings (SSSR count). The Morgan fingerprint density at radius 2 is 2.00 bits per heavy atom. The van der Waals surface area contributed by atoms with Crippen LogP contribution in [0.5, 0.6) is 0 Å². The second-order valence-corrected chi connectivity index (χ2v) is 6.71. The van der Waals surface area contributed by atoms with Crippen molar-refractivity contribution in [3.05, 3.63) is 59.3 Å². The van der Waals surface area contributed by atoms with Gasteiger partial charge in [-0.15, -0.1) is 0 Å². The Labute approximate surface area is 151 Å². The standard InChI is InChI=1S/C19H20N6O/c1-12(2)17-14-11-25(8-6-15(14)23-24-17)19(26)13-9-21-18(22-10-13)16-5-3-4-7-20-16/h3-5,7,9-10,12H,6,8,11H2,1-2H3,(H,23,24). The van der Waals surface area contributed by atoms with Crippen LogP contribution >= 0.6 is 0 Å². The lowest BCUT2D eigenvalue weighted by Gasteiger charge is -2.27. The van der Waals surface area contributed by atoms with Crippen LogP contribution in [0.2, 0.25) is 0 Å². The van der Waals surface area contributed by atoms with E-state index in [-0.39, 0.29) is 5.91 Å². The van der Waals surface area contributed by atoms with E-state index in [1.54, 1.807) is 18.6 Å². The fraction of sp³-hybridized carbons (Fsp3) is 0.316. The van der Waals surface area contributed by atoms with Gasteiger partial charge in [-0.2, -0.15) is 5.10 Å². The molecule has 1 aliphatic rings. The molecule has 4 heterocycles. The molecule has 0 unspecified atom stereocenters. The van der Waals surface area contributed by atoms with Crippen molar-refractivity contribution in [3.8, 4) is 11.5 Å². The molecule has 0 atom stereocenters. The van der Waals surface area contributed by atoms with Gasteiger partial charge < -0.3 is 4.90 Å². The number of fused-ring (bicyclic) bond motifs is 1. The average molecular weight is 348 g/mol. The number of carbonyl (C=O) groups is 1. The summed E-state index contributed by atoms with van der Waals surface area (Å²) in [5, 5.41) is 7.53. The van der Waals surface area contributed by atoms with Crippen LogP contribution in [0.25, 0.3) is 11.5 Å². The minimum atomic E-state index is -0.0564. The van der Waals surface area contributed by atoms with Crippen LogP contribution in [-0.4, -0.2) is 42.5 Å². The summed E-state index contributed by atoms with van der Waals surface area (Å²) >= 11 is 0. The summed E-state index contributed by atoms with van der Waals surface area (Å²) in [5.74, 6) is 0.783. The number of pyridine rings is 1. The number of aromatic nitrogens is 5. The summed E-state index contributed by atoms with van der Waals surface area (Å²) in [5.41, 5.74) is 4.50. The maximum absolute atomic E-state index is 12.9. The molecular weight excluding hydrogens is 328 g/mol. The van der Waals surface area contributed by atoms with Crippen LogP contribution in [0.1, 0.15) is 47.1 Å². The summed E-state index contributed by atoms with van der Waals surface area (Å²) in [6.07, 6.45) is 5.63. The number of hydrogen-bond acceptors (Lipinski definition) is 5. The first kappa shape index (κ1) is 16.4. The summed E-state index contributed by atoms with van der Waals surface area (Å²) < 4.78 is 0. The van der Waals surface area contributed by atoms with E-state index in [1.807, 2.05) is 23.1 Å². The van der Waals surface area contributed by atoms with Crippen LogP contribution in [0, 0.1) is 0 Å². The van der Waals surface area contributed by atoms with Crippen LogP contribution in [0.4, 0.5) is 0 Å². The molecule has 0 spiro atoms. The van der Waals surface area contributed by atoms with Crippen molar-refractivity contribution in [1.82, 2.24) is 30.0 Å². The Kier molecular flexibility index (Phi) is 4.20. The molecule has 0 fully saturated rings. The van der Waals surface area contributed by atoms with Crippen molar-refractivity contribution >= 4 is 5.91 Å². The highest BCUT2D eigenvalue weighted by molar-refractivity contribution is 5.93. The van der Waals surface area contributed by atoms with Gasteiger partial charge in [-0.3, -0.25) is 14.9 Å². The molecule has 1 amide bonds. The number of aromatic amines is 1. The normalized spacial score (nSPS) is 13.7. The zero-order chi connectivity index (χ0) is 18.1. The van der Waals surface area contributed by atoms with E-state index in [1.165, 1.54) is 0 Å². The number of nitrogens with one attached hydrogen (secondary N) is 1. The SMILES string of the molecule is CC(C)c1n[nH]c2c1CN(C(=O)c1cnc(-c3ccccn3)nc1)CC2. The molecule has 26 heavy (non-hydrogen) atoms. The summed E-state index contributed by atoms with van der Waals surface area (Å²) in [4.78, 5) is 27.5. The zero-order valence-corrected chi connectivity index (χ0v) is 14.8. The predicted octanol–water partition coefficient (Wildman–Crippen LogP) is 2.58. The predicted molar refractivity (Wildman–Crippen MR) is 96.4 cm³/mol. The van der Waals surface area contributed by atoms with Gasteiger partial charge in [-0.25, -0.2) is 9.97 Å². The van der Waals surface area contributed by atoms with E-state index < -0.39 is 0 Å². The van der Waals surface area contributed by atoms with Gasteiger partial charge in [0, 0.05) is 49.4 Å². The minimum absolute atomic E-state index is 0.0564. The molecule has 1 N–H and O–H groups in total. The van der Waals surface area contributed by atoms with Crippen LogP contribution in [0.3, 0.4) is 0 Å². The monoisotopic (exact) mass is 348 g/mol. The lowest BCUT2D eigenvalue weighted by atomic mass is 9.99. The number of H-pyrrole nitrogens is 1. The van der Waals surface area contributed by atoms with Crippen molar-refractivity contribution in [3.63, 3.8) is 0 Å². The molecular formula is C19H20N6O.